The van der Waals surface area contributed by atoms with E-state index in [1.807, 2.05) is 6.92 Å². The van der Waals surface area contributed by atoms with E-state index < -0.39 is 11.9 Å². The molecule has 5 heteroatoms. The highest BCUT2D eigenvalue weighted by atomic mass is 32.1. The normalized spacial score (nSPS) is 12.4. The lowest BCUT2D eigenvalue weighted by Crippen LogP contribution is -2.02. The van der Waals surface area contributed by atoms with Crippen LogP contribution in [-0.4, -0.2) is 17.2 Å². The van der Waals surface area contributed by atoms with Gasteiger partial charge in [-0.1, -0.05) is 6.07 Å². The van der Waals surface area contributed by atoms with Crippen LogP contribution in [0.15, 0.2) is 23.7 Å². The van der Waals surface area contributed by atoms with Gasteiger partial charge < -0.3 is 9.84 Å². The van der Waals surface area contributed by atoms with Gasteiger partial charge in [0.2, 0.25) is 0 Å². The fourth-order valence-corrected chi connectivity index (χ4v) is 2.57. The Kier molecular flexibility index (Phi) is 3.93. The Hall–Kier alpha value is -1.46. The molecule has 3 nitrogen and oxygen atoms in total. The van der Waals surface area contributed by atoms with E-state index in [2.05, 4.69) is 4.98 Å². The summed E-state index contributed by atoms with van der Waals surface area (Å²) in [7, 11) is 1.42. The van der Waals surface area contributed by atoms with Gasteiger partial charge in [0, 0.05) is 6.42 Å². The topological polar surface area (TPSA) is 42.4 Å². The minimum Gasteiger partial charge on any atom is -0.494 e. The van der Waals surface area contributed by atoms with E-state index in [-0.39, 0.29) is 5.75 Å². The third-order valence-corrected chi connectivity index (χ3v) is 3.76. The second kappa shape index (κ2) is 5.46. The molecule has 1 N–H and O–H groups in total. The van der Waals surface area contributed by atoms with Crippen molar-refractivity contribution in [3.8, 4) is 5.75 Å². The van der Waals surface area contributed by atoms with Crippen LogP contribution < -0.4 is 4.74 Å². The second-order valence-electron chi connectivity index (χ2n) is 3.99. The Labute approximate surface area is 109 Å². The third-order valence-electron chi connectivity index (χ3n) is 2.73. The number of rotatable bonds is 4. The number of aliphatic hydroxyl groups is 1. The van der Waals surface area contributed by atoms with Crippen molar-refractivity contribution in [2.45, 2.75) is 19.4 Å². The monoisotopic (exact) mass is 267 g/mol. The molecule has 0 aliphatic carbocycles. The Balaban J connectivity index is 2.15. The number of aliphatic hydroxyl groups excluding tert-OH is 1. The van der Waals surface area contributed by atoms with Crippen LogP contribution in [0.25, 0.3) is 0 Å². The molecule has 0 saturated carbocycles. The minimum atomic E-state index is -0.648. The average Bonchev–Trinajstić information content (AvgIpc) is 2.76. The van der Waals surface area contributed by atoms with E-state index >= 15 is 0 Å². The Morgan fingerprint density at radius 1 is 1.50 bits per heavy atom. The van der Waals surface area contributed by atoms with E-state index in [9.17, 15) is 9.50 Å². The zero-order valence-corrected chi connectivity index (χ0v) is 11.0. The van der Waals surface area contributed by atoms with Crippen molar-refractivity contribution in [3.05, 3.63) is 45.7 Å². The highest BCUT2D eigenvalue weighted by Gasteiger charge is 2.14. The van der Waals surface area contributed by atoms with Crippen LogP contribution in [0.2, 0.25) is 0 Å². The number of methoxy groups -OCH3 is 1. The zero-order valence-electron chi connectivity index (χ0n) is 10.2. The molecule has 96 valence electrons. The molecule has 0 fully saturated rings. The summed E-state index contributed by atoms with van der Waals surface area (Å²) in [5.41, 5.74) is 3.25. The molecule has 0 bridgehead atoms. The summed E-state index contributed by atoms with van der Waals surface area (Å²) in [5, 5.41) is 10.1. The molecule has 1 aromatic carbocycles. The van der Waals surface area contributed by atoms with Crippen LogP contribution >= 0.6 is 11.3 Å². The van der Waals surface area contributed by atoms with Gasteiger partial charge >= 0.3 is 0 Å². The van der Waals surface area contributed by atoms with Gasteiger partial charge in [0.25, 0.3) is 0 Å². The molecule has 2 rings (SSSR count). The Morgan fingerprint density at radius 2 is 2.28 bits per heavy atom. The first-order valence-corrected chi connectivity index (χ1v) is 6.40. The predicted octanol–water partition coefficient (Wildman–Crippen LogP) is 2.88. The molecular formula is C13H14FNO2S. The van der Waals surface area contributed by atoms with Crippen LogP contribution in [0.3, 0.4) is 0 Å². The van der Waals surface area contributed by atoms with Crippen molar-refractivity contribution in [2.75, 3.05) is 7.11 Å². The second-order valence-corrected chi connectivity index (χ2v) is 4.88. The lowest BCUT2D eigenvalue weighted by Gasteiger charge is -2.10. The molecule has 0 amide bonds. The van der Waals surface area contributed by atoms with Gasteiger partial charge in [-0.25, -0.2) is 9.37 Å². The first-order chi connectivity index (χ1) is 8.61. The van der Waals surface area contributed by atoms with Gasteiger partial charge in [0.15, 0.2) is 11.6 Å². The van der Waals surface area contributed by atoms with Crippen molar-refractivity contribution in [1.82, 2.24) is 4.98 Å². The first kappa shape index (κ1) is 13.0. The van der Waals surface area contributed by atoms with Crippen molar-refractivity contribution in [3.63, 3.8) is 0 Å². The Morgan fingerprint density at radius 3 is 2.83 bits per heavy atom. The maximum atomic E-state index is 13.5. The van der Waals surface area contributed by atoms with Gasteiger partial charge in [-0.2, -0.15) is 0 Å². The molecule has 2 aromatic rings. The maximum absolute atomic E-state index is 13.5. The number of thiazole rings is 1. The van der Waals surface area contributed by atoms with Gasteiger partial charge in [-0.15, -0.1) is 11.3 Å². The summed E-state index contributed by atoms with van der Waals surface area (Å²) in [6.45, 7) is 1.85. The van der Waals surface area contributed by atoms with E-state index in [0.717, 1.165) is 16.1 Å². The van der Waals surface area contributed by atoms with Crippen LogP contribution in [0, 0.1) is 12.7 Å². The number of aromatic nitrogens is 1. The van der Waals surface area contributed by atoms with Crippen LogP contribution in [-0.2, 0) is 6.42 Å². The maximum Gasteiger partial charge on any atom is 0.165 e. The van der Waals surface area contributed by atoms with Gasteiger partial charge in [0.05, 0.1) is 29.3 Å². The fourth-order valence-electron chi connectivity index (χ4n) is 1.78. The molecule has 18 heavy (non-hydrogen) atoms. The molecule has 0 saturated heterocycles. The highest BCUT2D eigenvalue weighted by Crippen LogP contribution is 2.26. The van der Waals surface area contributed by atoms with Crippen LogP contribution in [0.1, 0.15) is 22.2 Å². The number of ether oxygens (including phenoxy) is 1. The number of hydrogen-bond donors (Lipinski definition) is 1. The van der Waals surface area contributed by atoms with Crippen molar-refractivity contribution in [1.29, 1.82) is 0 Å². The third kappa shape index (κ3) is 2.68. The molecule has 0 spiro atoms. The molecule has 1 heterocycles. The van der Waals surface area contributed by atoms with Gasteiger partial charge in [-0.3, -0.25) is 0 Å². The summed E-state index contributed by atoms with van der Waals surface area (Å²) < 4.78 is 18.4. The molecule has 1 atom stereocenters. The number of nitrogens with zero attached hydrogens (tertiary/aromatic N) is 1. The lowest BCUT2D eigenvalue weighted by molar-refractivity contribution is 0.181. The summed E-state index contributed by atoms with van der Waals surface area (Å²) in [4.78, 5) is 4.91. The molecule has 0 radical (unpaired) electrons. The van der Waals surface area contributed by atoms with Gasteiger partial charge in [0.1, 0.15) is 0 Å². The van der Waals surface area contributed by atoms with Crippen molar-refractivity contribution in [2.24, 2.45) is 0 Å². The summed E-state index contributed by atoms with van der Waals surface area (Å²) >= 11 is 1.41. The largest absolute Gasteiger partial charge is 0.494 e. The van der Waals surface area contributed by atoms with E-state index in [0.29, 0.717) is 6.42 Å². The predicted molar refractivity (Wildman–Crippen MR) is 68.5 cm³/mol. The molecule has 0 aliphatic heterocycles. The molecular weight excluding hydrogens is 253 g/mol. The van der Waals surface area contributed by atoms with Gasteiger partial charge in [-0.05, 0) is 24.6 Å². The minimum absolute atomic E-state index is 0.210. The van der Waals surface area contributed by atoms with E-state index in [1.165, 1.54) is 24.5 Å². The standard InChI is InChI=1S/C13H14FNO2S/c1-8-13(18-7-15-8)11(16)6-9-3-4-12(17-2)10(14)5-9/h3-5,7,11,16H,6H2,1-2H3. The highest BCUT2D eigenvalue weighted by molar-refractivity contribution is 7.09. The number of hydrogen-bond acceptors (Lipinski definition) is 4. The van der Waals surface area contributed by atoms with E-state index in [1.54, 1.807) is 17.6 Å². The number of aryl methyl sites for hydroxylation is 1. The summed E-state index contributed by atoms with van der Waals surface area (Å²) in [6.07, 6.45) is -0.283. The van der Waals surface area contributed by atoms with E-state index in [4.69, 9.17) is 4.74 Å². The summed E-state index contributed by atoms with van der Waals surface area (Å²) in [5.74, 6) is -0.203. The zero-order chi connectivity index (χ0) is 13.1. The quantitative estimate of drug-likeness (QED) is 0.926. The molecule has 0 aliphatic rings. The summed E-state index contributed by atoms with van der Waals surface area (Å²) in [6, 6.07) is 4.71. The molecule has 1 aromatic heterocycles. The smallest absolute Gasteiger partial charge is 0.165 e. The van der Waals surface area contributed by atoms with Crippen LogP contribution in [0.4, 0.5) is 4.39 Å². The van der Waals surface area contributed by atoms with Crippen molar-refractivity contribution >= 4 is 11.3 Å². The van der Waals surface area contributed by atoms with Crippen LogP contribution in [0.5, 0.6) is 5.75 Å². The van der Waals surface area contributed by atoms with Crippen molar-refractivity contribution < 1.29 is 14.2 Å². The Bertz CT molecular complexity index is 542. The fraction of sp³-hybridized carbons (Fsp3) is 0.308. The lowest BCUT2D eigenvalue weighted by atomic mass is 10.1. The molecule has 1 unspecified atom stereocenters. The first-order valence-electron chi connectivity index (χ1n) is 5.52. The SMILES string of the molecule is COc1ccc(CC(O)c2scnc2C)cc1F. The number of benzene rings is 1. The average molecular weight is 267 g/mol. The number of halogens is 1.